The first-order valence-electron chi connectivity index (χ1n) is 6.67. The van der Waals surface area contributed by atoms with Gasteiger partial charge in [-0.3, -0.25) is 0 Å². The second kappa shape index (κ2) is 7.14. The minimum atomic E-state index is 0.317. The molecule has 21 heavy (non-hydrogen) atoms. The van der Waals surface area contributed by atoms with E-state index in [4.69, 9.17) is 21.2 Å². The molecule has 0 radical (unpaired) electrons. The fourth-order valence-electron chi connectivity index (χ4n) is 2.00. The van der Waals surface area contributed by atoms with Crippen LogP contribution in [0.15, 0.2) is 47.6 Å². The number of halogens is 1. The van der Waals surface area contributed by atoms with Gasteiger partial charge in [0.25, 0.3) is 0 Å². The highest BCUT2D eigenvalue weighted by Crippen LogP contribution is 2.22. The van der Waals surface area contributed by atoms with Crippen molar-refractivity contribution in [2.75, 3.05) is 7.11 Å². The summed E-state index contributed by atoms with van der Waals surface area (Å²) in [5.41, 5.74) is 4.05. The Morgan fingerprint density at radius 1 is 1.14 bits per heavy atom. The summed E-state index contributed by atoms with van der Waals surface area (Å²) < 4.78 is 5.92. The lowest BCUT2D eigenvalue weighted by atomic mass is 10.1. The molecule has 0 fully saturated rings. The summed E-state index contributed by atoms with van der Waals surface area (Å²) in [5, 5.41) is 4.09. The van der Waals surface area contributed by atoms with Gasteiger partial charge in [0.15, 0.2) is 5.17 Å². The van der Waals surface area contributed by atoms with Crippen molar-refractivity contribution >= 4 is 16.8 Å². The standard InChI is InChI=1S/C17H18ClNO2/c1-12-8-9-13(2)16(10-12)21-11-14-6-4-5-7-15(14)17(18)19-20-3/h4-10H,11H2,1-3H3. The van der Waals surface area contributed by atoms with Crippen molar-refractivity contribution in [1.82, 2.24) is 0 Å². The number of hydrogen-bond donors (Lipinski definition) is 0. The van der Waals surface area contributed by atoms with Crippen LogP contribution in [0.4, 0.5) is 0 Å². The van der Waals surface area contributed by atoms with Crippen molar-refractivity contribution in [1.29, 1.82) is 0 Å². The van der Waals surface area contributed by atoms with Gasteiger partial charge in [-0.2, -0.15) is 0 Å². The predicted molar refractivity (Wildman–Crippen MR) is 86.1 cm³/mol. The highest BCUT2D eigenvalue weighted by atomic mass is 35.5. The van der Waals surface area contributed by atoms with Gasteiger partial charge < -0.3 is 9.57 Å². The smallest absolute Gasteiger partial charge is 0.175 e. The van der Waals surface area contributed by atoms with Gasteiger partial charge in [-0.15, -0.1) is 0 Å². The molecular formula is C17H18ClNO2. The topological polar surface area (TPSA) is 30.8 Å². The number of benzene rings is 2. The third-order valence-electron chi connectivity index (χ3n) is 3.14. The van der Waals surface area contributed by atoms with Gasteiger partial charge in [0.05, 0.1) is 0 Å². The van der Waals surface area contributed by atoms with E-state index in [-0.39, 0.29) is 0 Å². The quantitative estimate of drug-likeness (QED) is 0.604. The van der Waals surface area contributed by atoms with Crippen LogP contribution in [0.1, 0.15) is 22.3 Å². The van der Waals surface area contributed by atoms with E-state index < -0.39 is 0 Å². The van der Waals surface area contributed by atoms with E-state index in [0.29, 0.717) is 11.8 Å². The van der Waals surface area contributed by atoms with Crippen molar-refractivity contribution in [2.24, 2.45) is 5.16 Å². The molecule has 0 saturated carbocycles. The number of rotatable bonds is 5. The minimum absolute atomic E-state index is 0.317. The molecule has 0 saturated heterocycles. The molecular weight excluding hydrogens is 286 g/mol. The predicted octanol–water partition coefficient (Wildman–Crippen LogP) is 4.43. The van der Waals surface area contributed by atoms with E-state index >= 15 is 0 Å². The summed E-state index contributed by atoms with van der Waals surface area (Å²) >= 11 is 6.12. The van der Waals surface area contributed by atoms with Crippen LogP contribution in [-0.2, 0) is 11.4 Å². The highest BCUT2D eigenvalue weighted by molar-refractivity contribution is 6.69. The Bertz CT molecular complexity index is 653. The van der Waals surface area contributed by atoms with Crippen LogP contribution in [0.3, 0.4) is 0 Å². The zero-order valence-corrected chi connectivity index (χ0v) is 13.1. The van der Waals surface area contributed by atoms with Gasteiger partial charge in [0.2, 0.25) is 0 Å². The Balaban J connectivity index is 2.21. The Kier molecular flexibility index (Phi) is 5.23. The molecule has 0 aliphatic heterocycles. The number of hydrogen-bond acceptors (Lipinski definition) is 3. The maximum absolute atomic E-state index is 6.12. The maximum atomic E-state index is 6.12. The first-order chi connectivity index (χ1) is 10.1. The molecule has 0 unspecified atom stereocenters. The molecule has 2 aromatic rings. The molecule has 2 aromatic carbocycles. The van der Waals surface area contributed by atoms with E-state index in [0.717, 1.165) is 22.4 Å². The van der Waals surface area contributed by atoms with Crippen molar-refractivity contribution in [3.63, 3.8) is 0 Å². The molecule has 0 amide bonds. The number of nitrogens with zero attached hydrogens (tertiary/aromatic N) is 1. The van der Waals surface area contributed by atoms with Crippen LogP contribution in [0.2, 0.25) is 0 Å². The van der Waals surface area contributed by atoms with Crippen molar-refractivity contribution in [3.8, 4) is 5.75 Å². The molecule has 110 valence electrons. The number of oxime groups is 1. The van der Waals surface area contributed by atoms with Crippen molar-refractivity contribution < 1.29 is 9.57 Å². The second-order valence-corrected chi connectivity index (χ2v) is 5.14. The van der Waals surface area contributed by atoms with Crippen LogP contribution in [-0.4, -0.2) is 12.3 Å². The van der Waals surface area contributed by atoms with Crippen LogP contribution in [0.25, 0.3) is 0 Å². The van der Waals surface area contributed by atoms with Gasteiger partial charge in [0, 0.05) is 5.56 Å². The molecule has 3 nitrogen and oxygen atoms in total. The normalized spacial score (nSPS) is 11.3. The first-order valence-corrected chi connectivity index (χ1v) is 7.04. The summed E-state index contributed by atoms with van der Waals surface area (Å²) in [6.07, 6.45) is 0. The molecule has 0 heterocycles. The van der Waals surface area contributed by atoms with Crippen LogP contribution in [0.5, 0.6) is 5.75 Å². The number of aryl methyl sites for hydroxylation is 2. The van der Waals surface area contributed by atoms with Crippen LogP contribution >= 0.6 is 11.6 Å². The minimum Gasteiger partial charge on any atom is -0.489 e. The lowest BCUT2D eigenvalue weighted by Gasteiger charge is -2.12. The average Bonchev–Trinajstić information content (AvgIpc) is 2.49. The summed E-state index contributed by atoms with van der Waals surface area (Å²) in [4.78, 5) is 4.73. The Morgan fingerprint density at radius 3 is 2.67 bits per heavy atom. The molecule has 0 aliphatic carbocycles. The summed E-state index contributed by atoms with van der Waals surface area (Å²) in [5.74, 6) is 0.879. The van der Waals surface area contributed by atoms with E-state index in [2.05, 4.69) is 17.3 Å². The molecule has 4 heteroatoms. The molecule has 2 rings (SSSR count). The van der Waals surface area contributed by atoms with Gasteiger partial charge >= 0.3 is 0 Å². The average molecular weight is 304 g/mol. The molecule has 0 spiro atoms. The van der Waals surface area contributed by atoms with E-state index in [9.17, 15) is 0 Å². The highest BCUT2D eigenvalue weighted by Gasteiger charge is 2.09. The van der Waals surface area contributed by atoms with Gasteiger partial charge in [-0.1, -0.05) is 53.2 Å². The maximum Gasteiger partial charge on any atom is 0.175 e. The largest absolute Gasteiger partial charge is 0.489 e. The summed E-state index contributed by atoms with van der Waals surface area (Å²) in [7, 11) is 1.47. The SMILES string of the molecule is CON=C(Cl)c1ccccc1COc1cc(C)ccc1C. The van der Waals surface area contributed by atoms with Gasteiger partial charge in [-0.05, 0) is 36.6 Å². The zero-order chi connectivity index (χ0) is 15.2. The van der Waals surface area contributed by atoms with Crippen molar-refractivity contribution in [2.45, 2.75) is 20.5 Å². The molecule has 0 aliphatic rings. The van der Waals surface area contributed by atoms with E-state index in [1.54, 1.807) is 0 Å². The first kappa shape index (κ1) is 15.4. The van der Waals surface area contributed by atoms with Crippen LogP contribution < -0.4 is 4.74 Å². The third-order valence-corrected chi connectivity index (χ3v) is 3.41. The van der Waals surface area contributed by atoms with Crippen LogP contribution in [0, 0.1) is 13.8 Å². The molecule has 0 aromatic heterocycles. The van der Waals surface area contributed by atoms with Gasteiger partial charge in [-0.25, -0.2) is 0 Å². The number of ether oxygens (including phenoxy) is 1. The van der Waals surface area contributed by atoms with Crippen molar-refractivity contribution in [3.05, 3.63) is 64.7 Å². The Labute approximate surface area is 130 Å². The van der Waals surface area contributed by atoms with E-state index in [1.165, 1.54) is 12.7 Å². The fourth-order valence-corrected chi connectivity index (χ4v) is 2.25. The van der Waals surface area contributed by atoms with E-state index in [1.807, 2.05) is 44.2 Å². The summed E-state index contributed by atoms with van der Waals surface area (Å²) in [6, 6.07) is 13.9. The van der Waals surface area contributed by atoms with Gasteiger partial charge in [0.1, 0.15) is 19.5 Å². The fraction of sp³-hybridized carbons (Fsp3) is 0.235. The third kappa shape index (κ3) is 3.99. The Morgan fingerprint density at radius 2 is 1.90 bits per heavy atom. The second-order valence-electron chi connectivity index (χ2n) is 4.78. The lowest BCUT2D eigenvalue weighted by molar-refractivity contribution is 0.214. The zero-order valence-electron chi connectivity index (χ0n) is 12.4. The molecule has 0 bridgehead atoms. The monoisotopic (exact) mass is 303 g/mol. The Hall–Kier alpha value is -2.00. The molecule has 0 N–H and O–H groups in total. The molecule has 0 atom stereocenters. The summed E-state index contributed by atoms with van der Waals surface area (Å²) in [6.45, 7) is 4.50. The lowest BCUT2D eigenvalue weighted by Crippen LogP contribution is -2.04.